The van der Waals surface area contributed by atoms with E-state index in [2.05, 4.69) is 39.5 Å². The first-order valence-corrected chi connectivity index (χ1v) is 6.06. The lowest BCUT2D eigenvalue weighted by molar-refractivity contribution is 0.562. The molecule has 0 N–H and O–H groups in total. The molecule has 0 aromatic heterocycles. The normalized spacial score (nSPS) is 27.5. The van der Waals surface area contributed by atoms with Crippen LogP contribution in [0.2, 0.25) is 0 Å². The van der Waals surface area contributed by atoms with Gasteiger partial charge in [-0.2, -0.15) is 0 Å². The van der Waals surface area contributed by atoms with Crippen molar-refractivity contribution in [3.63, 3.8) is 0 Å². The third-order valence-electron chi connectivity index (χ3n) is 3.37. The molecule has 1 aliphatic rings. The van der Waals surface area contributed by atoms with Crippen LogP contribution in [0, 0.1) is 5.92 Å². The van der Waals surface area contributed by atoms with Gasteiger partial charge in [0.2, 0.25) is 0 Å². The largest absolute Gasteiger partial charge is 0.0998 e. The average molecular weight is 204 g/mol. The summed E-state index contributed by atoms with van der Waals surface area (Å²) in [6, 6.07) is 0. The molecule has 0 saturated carbocycles. The van der Waals surface area contributed by atoms with Crippen LogP contribution in [-0.2, 0) is 0 Å². The first-order chi connectivity index (χ1) is 7.09. The lowest BCUT2D eigenvalue weighted by Gasteiger charge is -2.17. The number of hydrogen-bond acceptors (Lipinski definition) is 0. The number of hydrogen-bond donors (Lipinski definition) is 0. The van der Waals surface area contributed by atoms with Crippen molar-refractivity contribution in [2.24, 2.45) is 5.92 Å². The summed E-state index contributed by atoms with van der Waals surface area (Å²) in [6.07, 6.45) is 10.9. The highest BCUT2D eigenvalue weighted by Crippen LogP contribution is 2.25. The smallest absolute Gasteiger partial charge is 0.0171 e. The van der Waals surface area contributed by atoms with Gasteiger partial charge in [0.15, 0.2) is 0 Å². The Hall–Kier alpha value is -0.780. The fourth-order valence-electron chi connectivity index (χ4n) is 2.06. The molecule has 1 rings (SSSR count). The van der Waals surface area contributed by atoms with Gasteiger partial charge in [-0.05, 0) is 58.8 Å². The molecule has 0 aromatic rings. The maximum atomic E-state index is 4.11. The Morgan fingerprint density at radius 1 is 1.20 bits per heavy atom. The lowest BCUT2D eigenvalue weighted by Crippen LogP contribution is -2.02. The zero-order chi connectivity index (χ0) is 11.3. The third kappa shape index (κ3) is 4.51. The van der Waals surface area contributed by atoms with Gasteiger partial charge in [0.25, 0.3) is 0 Å². The fourth-order valence-corrected chi connectivity index (χ4v) is 2.06. The molecule has 15 heavy (non-hydrogen) atoms. The van der Waals surface area contributed by atoms with Gasteiger partial charge in [0, 0.05) is 0 Å². The van der Waals surface area contributed by atoms with Crippen LogP contribution >= 0.6 is 0 Å². The van der Waals surface area contributed by atoms with Gasteiger partial charge in [0.05, 0.1) is 0 Å². The monoisotopic (exact) mass is 204 g/mol. The van der Waals surface area contributed by atoms with Crippen molar-refractivity contribution in [3.05, 3.63) is 35.5 Å². The summed E-state index contributed by atoms with van der Waals surface area (Å²) in [7, 11) is 0. The van der Waals surface area contributed by atoms with Crippen molar-refractivity contribution in [1.82, 2.24) is 0 Å². The van der Waals surface area contributed by atoms with E-state index < -0.39 is 0 Å². The molecule has 84 valence electrons. The van der Waals surface area contributed by atoms with Gasteiger partial charge in [-0.25, -0.2) is 0 Å². The maximum absolute atomic E-state index is 4.11. The van der Waals surface area contributed by atoms with Crippen LogP contribution in [0.25, 0.3) is 0 Å². The first-order valence-electron chi connectivity index (χ1n) is 6.06. The van der Waals surface area contributed by atoms with Crippen LogP contribution in [0.4, 0.5) is 0 Å². The van der Waals surface area contributed by atoms with E-state index >= 15 is 0 Å². The second-order valence-corrected chi connectivity index (χ2v) is 4.96. The molecule has 0 aliphatic heterocycles. The van der Waals surface area contributed by atoms with Crippen LogP contribution in [-0.4, -0.2) is 0 Å². The first kappa shape index (κ1) is 12.3. The zero-order valence-electron chi connectivity index (χ0n) is 10.5. The van der Waals surface area contributed by atoms with E-state index in [1.165, 1.54) is 43.3 Å². The Balaban J connectivity index is 2.70. The van der Waals surface area contributed by atoms with Crippen molar-refractivity contribution in [2.45, 2.75) is 52.9 Å². The molecule has 0 nitrogen and oxygen atoms in total. The SMILES string of the molecule is C=C(C)[C@H]1C/C=C(\C)CCC=C(C)CC1. The molecule has 0 amide bonds. The Kier molecular flexibility index (Phi) is 4.87. The fraction of sp³-hybridized carbons (Fsp3) is 0.600. The highest BCUT2D eigenvalue weighted by molar-refractivity contribution is 5.09. The molecular formula is C15H24. The summed E-state index contributed by atoms with van der Waals surface area (Å²) in [4.78, 5) is 0. The minimum Gasteiger partial charge on any atom is -0.0998 e. The molecule has 0 heteroatoms. The van der Waals surface area contributed by atoms with Gasteiger partial charge >= 0.3 is 0 Å². The van der Waals surface area contributed by atoms with Gasteiger partial charge < -0.3 is 0 Å². The number of rotatable bonds is 1. The predicted molar refractivity (Wildman–Crippen MR) is 68.9 cm³/mol. The maximum Gasteiger partial charge on any atom is -0.0171 e. The zero-order valence-corrected chi connectivity index (χ0v) is 10.5. The van der Waals surface area contributed by atoms with Crippen LogP contribution in [0.3, 0.4) is 0 Å². The van der Waals surface area contributed by atoms with Gasteiger partial charge in [0.1, 0.15) is 0 Å². The van der Waals surface area contributed by atoms with E-state index in [1.807, 2.05) is 0 Å². The molecule has 0 heterocycles. The molecule has 0 spiro atoms. The van der Waals surface area contributed by atoms with Crippen molar-refractivity contribution in [3.8, 4) is 0 Å². The summed E-state index contributed by atoms with van der Waals surface area (Å²) >= 11 is 0. The second kappa shape index (κ2) is 5.95. The van der Waals surface area contributed by atoms with Crippen LogP contribution in [0.1, 0.15) is 52.9 Å². The highest BCUT2D eigenvalue weighted by atomic mass is 14.1. The van der Waals surface area contributed by atoms with Gasteiger partial charge in [-0.1, -0.05) is 35.5 Å². The standard InChI is InChI=1S/C15H24/c1-12(2)15-10-8-13(3)6-5-7-14(4)9-11-15/h6,9,15H,1,5,7-8,10-11H2,2-4H3/b13-6?,14-9+/t15-/m1/s1. The van der Waals surface area contributed by atoms with E-state index in [9.17, 15) is 0 Å². The van der Waals surface area contributed by atoms with Crippen molar-refractivity contribution in [2.75, 3.05) is 0 Å². The van der Waals surface area contributed by atoms with Gasteiger partial charge in [-0.3, -0.25) is 0 Å². The summed E-state index contributed by atoms with van der Waals surface area (Å²) in [6.45, 7) is 10.8. The summed E-state index contributed by atoms with van der Waals surface area (Å²) < 4.78 is 0. The Bertz CT molecular complexity index is 278. The Morgan fingerprint density at radius 2 is 1.87 bits per heavy atom. The third-order valence-corrected chi connectivity index (χ3v) is 3.37. The van der Waals surface area contributed by atoms with E-state index in [-0.39, 0.29) is 0 Å². The van der Waals surface area contributed by atoms with Crippen LogP contribution in [0.15, 0.2) is 35.5 Å². The molecule has 0 radical (unpaired) electrons. The predicted octanol–water partition coefficient (Wildman–Crippen LogP) is 5.04. The molecule has 0 bridgehead atoms. The summed E-state index contributed by atoms with van der Waals surface area (Å²) in [5.41, 5.74) is 4.43. The average Bonchev–Trinajstić information content (AvgIpc) is 2.16. The molecule has 1 atom stereocenters. The van der Waals surface area contributed by atoms with Gasteiger partial charge in [-0.15, -0.1) is 0 Å². The molecule has 0 fully saturated rings. The topological polar surface area (TPSA) is 0 Å². The molecule has 1 aliphatic carbocycles. The molecular weight excluding hydrogens is 180 g/mol. The van der Waals surface area contributed by atoms with E-state index in [0.717, 1.165) is 0 Å². The molecule has 0 aromatic carbocycles. The molecule has 0 unspecified atom stereocenters. The summed E-state index contributed by atoms with van der Waals surface area (Å²) in [5.74, 6) is 0.682. The van der Waals surface area contributed by atoms with Crippen molar-refractivity contribution < 1.29 is 0 Å². The second-order valence-electron chi connectivity index (χ2n) is 4.96. The van der Waals surface area contributed by atoms with E-state index in [4.69, 9.17) is 0 Å². The van der Waals surface area contributed by atoms with Crippen molar-refractivity contribution >= 4 is 0 Å². The van der Waals surface area contributed by atoms with Crippen molar-refractivity contribution in [1.29, 1.82) is 0 Å². The Morgan fingerprint density at radius 3 is 2.53 bits per heavy atom. The minimum atomic E-state index is 0.682. The van der Waals surface area contributed by atoms with Crippen LogP contribution < -0.4 is 0 Å². The van der Waals surface area contributed by atoms with E-state index in [0.29, 0.717) is 5.92 Å². The quantitative estimate of drug-likeness (QED) is 0.525. The Labute approximate surface area is 94.8 Å². The summed E-state index contributed by atoms with van der Waals surface area (Å²) in [5, 5.41) is 0. The van der Waals surface area contributed by atoms with E-state index in [1.54, 1.807) is 5.57 Å². The van der Waals surface area contributed by atoms with Crippen LogP contribution in [0.5, 0.6) is 0 Å². The minimum absolute atomic E-state index is 0.682. The number of allylic oxidation sites excluding steroid dienone is 5. The highest BCUT2D eigenvalue weighted by Gasteiger charge is 2.09. The lowest BCUT2D eigenvalue weighted by atomic mass is 9.89. The molecule has 0 saturated heterocycles.